The number of carboxylic acids is 1. The van der Waals surface area contributed by atoms with Gasteiger partial charge in [-0.1, -0.05) is 0 Å². The smallest absolute Gasteiger partial charge is 0.337 e. The molecule has 1 N–H and O–H groups in total. The first-order chi connectivity index (χ1) is 9.10. The van der Waals surface area contributed by atoms with Gasteiger partial charge in [-0.2, -0.15) is 0 Å². The quantitative estimate of drug-likeness (QED) is 0.900. The standard InChI is InChI=1S/C15H22N2O3/c1-10-6-11(13(18)19)7-16-12(10)17-8-14(2,3)20-15(4,5)9-17/h6-7H,8-9H2,1-5H3,(H,18,19). The first kappa shape index (κ1) is 14.8. The normalized spacial score (nSPS) is 20.8. The van der Waals surface area contributed by atoms with Crippen LogP contribution in [0.4, 0.5) is 5.82 Å². The van der Waals surface area contributed by atoms with E-state index < -0.39 is 5.97 Å². The van der Waals surface area contributed by atoms with Crippen molar-refractivity contribution in [3.63, 3.8) is 0 Å². The Bertz CT molecular complexity index is 522. The van der Waals surface area contributed by atoms with Gasteiger partial charge in [0.05, 0.1) is 16.8 Å². The maximum Gasteiger partial charge on any atom is 0.337 e. The van der Waals surface area contributed by atoms with Gasteiger partial charge in [0.15, 0.2) is 0 Å². The van der Waals surface area contributed by atoms with Crippen LogP contribution in [-0.4, -0.2) is 40.4 Å². The molecule has 2 rings (SSSR count). The Morgan fingerprint density at radius 3 is 2.30 bits per heavy atom. The third-order valence-corrected chi connectivity index (χ3v) is 3.29. The molecule has 1 aromatic rings. The highest BCUT2D eigenvalue weighted by Crippen LogP contribution is 2.31. The Labute approximate surface area is 119 Å². The number of anilines is 1. The number of morpholine rings is 1. The molecule has 0 amide bonds. The summed E-state index contributed by atoms with van der Waals surface area (Å²) >= 11 is 0. The summed E-state index contributed by atoms with van der Waals surface area (Å²) in [6.45, 7) is 11.6. The topological polar surface area (TPSA) is 62.7 Å². The third-order valence-electron chi connectivity index (χ3n) is 3.29. The number of nitrogens with zero attached hydrogens (tertiary/aromatic N) is 2. The molecule has 0 aromatic carbocycles. The lowest BCUT2D eigenvalue weighted by molar-refractivity contribution is -0.133. The number of rotatable bonds is 2. The van der Waals surface area contributed by atoms with Crippen LogP contribution in [0.3, 0.4) is 0 Å². The second-order valence-electron chi connectivity index (χ2n) is 6.65. The third kappa shape index (κ3) is 3.10. The molecule has 5 nitrogen and oxygen atoms in total. The molecular weight excluding hydrogens is 256 g/mol. The van der Waals surface area contributed by atoms with Crippen molar-refractivity contribution in [1.29, 1.82) is 0 Å². The van der Waals surface area contributed by atoms with Crippen molar-refractivity contribution in [1.82, 2.24) is 4.98 Å². The van der Waals surface area contributed by atoms with Crippen molar-refractivity contribution in [3.05, 3.63) is 23.4 Å². The molecule has 20 heavy (non-hydrogen) atoms. The van der Waals surface area contributed by atoms with Crippen LogP contribution in [0.1, 0.15) is 43.6 Å². The van der Waals surface area contributed by atoms with Crippen molar-refractivity contribution < 1.29 is 14.6 Å². The van der Waals surface area contributed by atoms with Gasteiger partial charge in [-0.15, -0.1) is 0 Å². The fraction of sp³-hybridized carbons (Fsp3) is 0.600. The number of aromatic nitrogens is 1. The number of aryl methyl sites for hydroxylation is 1. The summed E-state index contributed by atoms with van der Waals surface area (Å²) < 4.78 is 6.05. The molecule has 110 valence electrons. The van der Waals surface area contributed by atoms with Crippen LogP contribution in [-0.2, 0) is 4.74 Å². The van der Waals surface area contributed by atoms with E-state index in [9.17, 15) is 4.79 Å². The van der Waals surface area contributed by atoms with Crippen molar-refractivity contribution in [3.8, 4) is 0 Å². The average molecular weight is 278 g/mol. The molecule has 0 atom stereocenters. The van der Waals surface area contributed by atoms with Crippen molar-refractivity contribution in [2.24, 2.45) is 0 Å². The largest absolute Gasteiger partial charge is 0.478 e. The molecule has 0 aliphatic carbocycles. The highest BCUT2D eigenvalue weighted by Gasteiger charge is 2.39. The summed E-state index contributed by atoms with van der Waals surface area (Å²) in [6.07, 6.45) is 1.42. The lowest BCUT2D eigenvalue weighted by Crippen LogP contribution is -2.57. The van der Waals surface area contributed by atoms with Crippen LogP contribution in [0.2, 0.25) is 0 Å². The molecular formula is C15H22N2O3. The predicted octanol–water partition coefficient (Wildman–Crippen LogP) is 2.48. The summed E-state index contributed by atoms with van der Waals surface area (Å²) in [5, 5.41) is 9.00. The predicted molar refractivity (Wildman–Crippen MR) is 77.4 cm³/mol. The van der Waals surface area contributed by atoms with Gasteiger partial charge in [0.1, 0.15) is 5.82 Å². The van der Waals surface area contributed by atoms with Gasteiger partial charge in [-0.25, -0.2) is 9.78 Å². The first-order valence-electron chi connectivity index (χ1n) is 6.75. The zero-order valence-electron chi connectivity index (χ0n) is 12.7. The Hall–Kier alpha value is -1.62. The van der Waals surface area contributed by atoms with Crippen molar-refractivity contribution in [2.75, 3.05) is 18.0 Å². The fourth-order valence-electron chi connectivity index (χ4n) is 2.95. The molecule has 0 saturated carbocycles. The van der Waals surface area contributed by atoms with Gasteiger partial charge in [0.25, 0.3) is 0 Å². The summed E-state index contributed by atoms with van der Waals surface area (Å²) in [5.74, 6) is -0.116. The molecule has 0 radical (unpaired) electrons. The minimum absolute atomic E-state index is 0.220. The minimum atomic E-state index is -0.949. The Balaban J connectivity index is 2.34. The highest BCUT2D eigenvalue weighted by molar-refractivity contribution is 5.87. The monoisotopic (exact) mass is 278 g/mol. The molecule has 0 bridgehead atoms. The van der Waals surface area contributed by atoms with Gasteiger partial charge < -0.3 is 14.7 Å². The fourth-order valence-corrected chi connectivity index (χ4v) is 2.95. The van der Waals surface area contributed by atoms with Crippen LogP contribution in [0, 0.1) is 6.92 Å². The highest BCUT2D eigenvalue weighted by atomic mass is 16.5. The average Bonchev–Trinajstić information content (AvgIpc) is 2.24. The number of aromatic carboxylic acids is 1. The number of hydrogen-bond donors (Lipinski definition) is 1. The number of carbonyl (C=O) groups is 1. The number of ether oxygens (including phenoxy) is 1. The Morgan fingerprint density at radius 2 is 1.85 bits per heavy atom. The van der Waals surface area contributed by atoms with Crippen molar-refractivity contribution >= 4 is 11.8 Å². The van der Waals surface area contributed by atoms with Crippen molar-refractivity contribution in [2.45, 2.75) is 45.8 Å². The summed E-state index contributed by atoms with van der Waals surface area (Å²) in [7, 11) is 0. The Kier molecular flexibility index (Phi) is 3.50. The van der Waals surface area contributed by atoms with Crippen LogP contribution < -0.4 is 4.90 Å². The molecule has 0 spiro atoms. The van der Waals surface area contributed by atoms with Gasteiger partial charge >= 0.3 is 5.97 Å². The molecule has 1 aliphatic heterocycles. The van der Waals surface area contributed by atoms with E-state index in [-0.39, 0.29) is 16.8 Å². The van der Waals surface area contributed by atoms with Crippen LogP contribution in [0.15, 0.2) is 12.3 Å². The number of pyridine rings is 1. The second-order valence-corrected chi connectivity index (χ2v) is 6.65. The van der Waals surface area contributed by atoms with E-state index in [1.165, 1.54) is 6.20 Å². The molecule has 1 fully saturated rings. The minimum Gasteiger partial charge on any atom is -0.478 e. The van der Waals surface area contributed by atoms with E-state index in [0.717, 1.165) is 24.5 Å². The van der Waals surface area contributed by atoms with Gasteiger partial charge in [0, 0.05) is 19.3 Å². The second kappa shape index (κ2) is 4.74. The molecule has 1 aliphatic rings. The number of carboxylic acid groups (broad SMARTS) is 1. The summed E-state index contributed by atoms with van der Waals surface area (Å²) in [5.41, 5.74) is 0.569. The van der Waals surface area contributed by atoms with E-state index in [2.05, 4.69) is 37.6 Å². The lowest BCUT2D eigenvalue weighted by atomic mass is 9.98. The zero-order chi connectivity index (χ0) is 15.1. The maximum atomic E-state index is 11.0. The van der Waals surface area contributed by atoms with E-state index in [1.54, 1.807) is 6.07 Å². The van der Waals surface area contributed by atoms with E-state index in [0.29, 0.717) is 0 Å². The van der Waals surface area contributed by atoms with Crippen LogP contribution >= 0.6 is 0 Å². The van der Waals surface area contributed by atoms with E-state index >= 15 is 0 Å². The number of hydrogen-bond acceptors (Lipinski definition) is 4. The maximum absolute atomic E-state index is 11.0. The first-order valence-corrected chi connectivity index (χ1v) is 6.75. The summed E-state index contributed by atoms with van der Waals surface area (Å²) in [6, 6.07) is 1.67. The molecule has 1 aromatic heterocycles. The van der Waals surface area contributed by atoms with E-state index in [4.69, 9.17) is 9.84 Å². The van der Waals surface area contributed by atoms with Gasteiger partial charge in [-0.05, 0) is 46.2 Å². The van der Waals surface area contributed by atoms with Gasteiger partial charge in [-0.3, -0.25) is 0 Å². The zero-order valence-corrected chi connectivity index (χ0v) is 12.7. The summed E-state index contributed by atoms with van der Waals surface area (Å²) in [4.78, 5) is 17.5. The molecule has 1 saturated heterocycles. The Morgan fingerprint density at radius 1 is 1.30 bits per heavy atom. The molecule has 5 heteroatoms. The lowest BCUT2D eigenvalue weighted by Gasteiger charge is -2.47. The van der Waals surface area contributed by atoms with Crippen LogP contribution in [0.5, 0.6) is 0 Å². The van der Waals surface area contributed by atoms with Gasteiger partial charge in [0.2, 0.25) is 0 Å². The molecule has 0 unspecified atom stereocenters. The SMILES string of the molecule is Cc1cc(C(=O)O)cnc1N1CC(C)(C)OC(C)(C)C1. The van der Waals surface area contributed by atoms with E-state index in [1.807, 2.05) is 6.92 Å². The molecule has 2 heterocycles. The van der Waals surface area contributed by atoms with Crippen LogP contribution in [0.25, 0.3) is 0 Å².